The Balaban J connectivity index is 2.64. The molecule has 1 aliphatic heterocycles. The van der Waals surface area contributed by atoms with Gasteiger partial charge in [-0.05, 0) is 46.5 Å². The third-order valence-electron chi connectivity index (χ3n) is 5.43. The second-order valence-electron chi connectivity index (χ2n) is 10.9. The summed E-state index contributed by atoms with van der Waals surface area (Å²) in [6.45, 7) is 18.9. The maximum absolute atomic E-state index is 12.8. The van der Waals surface area contributed by atoms with Gasteiger partial charge in [0.25, 0.3) is 0 Å². The molecule has 0 aromatic heterocycles. The fraction of sp³-hybridized carbons (Fsp3) is 0.739. The third-order valence-corrected chi connectivity index (χ3v) is 5.84. The first kappa shape index (κ1) is 28.4. The Labute approximate surface area is 198 Å². The molecule has 1 rings (SSSR count). The van der Waals surface area contributed by atoms with Crippen molar-refractivity contribution in [3.63, 3.8) is 0 Å². The predicted octanol–water partition coefficient (Wildman–Crippen LogP) is 3.06. The Hall–Kier alpha value is -1.61. The Morgan fingerprint density at radius 1 is 1.19 bits per heavy atom. The molecule has 0 bridgehead atoms. The quantitative estimate of drug-likeness (QED) is 0.165. The number of hydrogen-bond donors (Lipinski definition) is 1. The number of thiol groups is 1. The summed E-state index contributed by atoms with van der Waals surface area (Å²) in [4.78, 5) is 50.3. The van der Waals surface area contributed by atoms with E-state index < -0.39 is 28.3 Å². The lowest BCUT2D eigenvalue weighted by molar-refractivity contribution is -0.164. The molecule has 0 radical (unpaired) electrons. The van der Waals surface area contributed by atoms with Crippen LogP contribution < -0.4 is 0 Å². The number of esters is 1. The minimum atomic E-state index is -1.21. The highest BCUT2D eigenvalue weighted by molar-refractivity contribution is 7.81. The molecule has 1 heterocycles. The standard InChI is InChI=1S/C23H38BNO6S/c1-14(2)15(13-21(3,4)5)19(28)31-22(6,7)10-11-30-23(8,9)20(29)24-25-17(26)12-16(32)18(25)27/h15-16,24,32H,1,10-13H2,2-9H3. The Morgan fingerprint density at radius 2 is 1.75 bits per heavy atom. The van der Waals surface area contributed by atoms with Gasteiger partial charge in [0, 0.05) is 12.8 Å². The largest absolute Gasteiger partial charge is 0.459 e. The molecule has 1 fully saturated rings. The highest BCUT2D eigenvalue weighted by atomic mass is 32.1. The van der Waals surface area contributed by atoms with E-state index in [-0.39, 0.29) is 43.4 Å². The summed E-state index contributed by atoms with van der Waals surface area (Å²) in [6, 6.07) is 0. The lowest BCUT2D eigenvalue weighted by Crippen LogP contribution is -2.48. The van der Waals surface area contributed by atoms with Crippen molar-refractivity contribution >= 4 is 43.5 Å². The maximum atomic E-state index is 12.8. The molecule has 2 amide bonds. The van der Waals surface area contributed by atoms with Crippen LogP contribution >= 0.6 is 12.6 Å². The van der Waals surface area contributed by atoms with E-state index in [0.29, 0.717) is 12.8 Å². The van der Waals surface area contributed by atoms with Crippen molar-refractivity contribution < 1.29 is 28.7 Å². The average molecular weight is 467 g/mol. The summed E-state index contributed by atoms with van der Waals surface area (Å²) >= 11 is 4.06. The third kappa shape index (κ3) is 8.39. The van der Waals surface area contributed by atoms with Crippen molar-refractivity contribution in [1.82, 2.24) is 4.81 Å². The minimum absolute atomic E-state index is 0.00351. The van der Waals surface area contributed by atoms with Gasteiger partial charge in [-0.1, -0.05) is 32.9 Å². The van der Waals surface area contributed by atoms with Crippen molar-refractivity contribution in [3.05, 3.63) is 12.2 Å². The first-order chi connectivity index (χ1) is 14.4. The van der Waals surface area contributed by atoms with Crippen molar-refractivity contribution in [1.29, 1.82) is 0 Å². The van der Waals surface area contributed by atoms with Gasteiger partial charge in [0.15, 0.2) is 0 Å². The number of ether oxygens (including phenoxy) is 2. The van der Waals surface area contributed by atoms with Gasteiger partial charge < -0.3 is 19.1 Å². The summed E-state index contributed by atoms with van der Waals surface area (Å²) in [5, 5.41) is -0.698. The van der Waals surface area contributed by atoms with Crippen LogP contribution in [0.3, 0.4) is 0 Å². The van der Waals surface area contributed by atoms with Crippen LogP contribution in [0.15, 0.2) is 12.2 Å². The SMILES string of the molecule is C=C(C)C(CC(C)(C)C)C(=O)OC(C)(C)CCOC(C)(C)C(=O)BN1C(=O)CC(S)C1=O. The molecule has 0 saturated carbocycles. The van der Waals surface area contributed by atoms with Gasteiger partial charge >= 0.3 is 13.4 Å². The number of nitrogens with zero attached hydrogens (tertiary/aromatic N) is 1. The molecule has 32 heavy (non-hydrogen) atoms. The fourth-order valence-corrected chi connectivity index (χ4v) is 3.56. The van der Waals surface area contributed by atoms with E-state index >= 15 is 0 Å². The van der Waals surface area contributed by atoms with Crippen LogP contribution in [-0.2, 0) is 28.7 Å². The zero-order chi connectivity index (χ0) is 25.1. The molecule has 180 valence electrons. The van der Waals surface area contributed by atoms with Crippen molar-refractivity contribution in [2.24, 2.45) is 11.3 Å². The van der Waals surface area contributed by atoms with Gasteiger partial charge in [0.1, 0.15) is 16.9 Å². The number of hydrogen-bond acceptors (Lipinski definition) is 7. The van der Waals surface area contributed by atoms with E-state index in [9.17, 15) is 19.2 Å². The van der Waals surface area contributed by atoms with Gasteiger partial charge in [-0.25, -0.2) is 0 Å². The number of carbonyl (C=O) groups is 4. The highest BCUT2D eigenvalue weighted by Crippen LogP contribution is 2.31. The van der Waals surface area contributed by atoms with Gasteiger partial charge in [0.2, 0.25) is 11.8 Å². The van der Waals surface area contributed by atoms with Gasteiger partial charge in [-0.2, -0.15) is 12.6 Å². The molecule has 0 aromatic rings. The van der Waals surface area contributed by atoms with E-state index in [1.165, 1.54) is 0 Å². The van der Waals surface area contributed by atoms with Crippen LogP contribution in [0.4, 0.5) is 0 Å². The molecule has 0 aromatic carbocycles. The van der Waals surface area contributed by atoms with E-state index in [2.05, 4.69) is 40.0 Å². The molecule has 7 nitrogen and oxygen atoms in total. The molecule has 2 unspecified atom stereocenters. The summed E-state index contributed by atoms with van der Waals surface area (Å²) in [7, 11) is -0.340. The normalized spacial score (nSPS) is 18.5. The van der Waals surface area contributed by atoms with Gasteiger partial charge in [0.05, 0.1) is 17.8 Å². The van der Waals surface area contributed by atoms with Crippen LogP contribution in [-0.4, -0.2) is 58.8 Å². The molecular weight excluding hydrogens is 429 g/mol. The minimum Gasteiger partial charge on any atom is -0.459 e. The Kier molecular flexibility index (Phi) is 9.37. The molecule has 1 saturated heterocycles. The van der Waals surface area contributed by atoms with Crippen LogP contribution in [0, 0.1) is 11.3 Å². The van der Waals surface area contributed by atoms with Crippen molar-refractivity contribution in [3.8, 4) is 0 Å². The predicted molar refractivity (Wildman–Crippen MR) is 129 cm³/mol. The fourth-order valence-electron chi connectivity index (χ4n) is 3.26. The maximum Gasteiger partial charge on any atom is 0.330 e. The first-order valence-electron chi connectivity index (χ1n) is 10.9. The van der Waals surface area contributed by atoms with E-state index in [0.717, 1.165) is 10.4 Å². The van der Waals surface area contributed by atoms with Crippen molar-refractivity contribution in [2.75, 3.05) is 6.61 Å². The summed E-state index contributed by atoms with van der Waals surface area (Å²) in [5.41, 5.74) is -1.68. The van der Waals surface area contributed by atoms with E-state index in [4.69, 9.17) is 9.47 Å². The molecule has 2 atom stereocenters. The number of carbonyl (C=O) groups excluding carboxylic acids is 4. The lowest BCUT2D eigenvalue weighted by atomic mass is 9.75. The van der Waals surface area contributed by atoms with E-state index in [1.807, 2.05) is 6.92 Å². The van der Waals surface area contributed by atoms with Crippen LogP contribution in [0.5, 0.6) is 0 Å². The molecule has 9 heteroatoms. The molecular formula is C23H38BNO6S. The Morgan fingerprint density at radius 3 is 2.19 bits per heavy atom. The summed E-state index contributed by atoms with van der Waals surface area (Å²) < 4.78 is 11.5. The van der Waals surface area contributed by atoms with Crippen LogP contribution in [0.25, 0.3) is 0 Å². The smallest absolute Gasteiger partial charge is 0.330 e. The number of rotatable bonds is 11. The molecule has 0 spiro atoms. The monoisotopic (exact) mass is 467 g/mol. The average Bonchev–Trinajstić information content (AvgIpc) is 2.83. The molecule has 0 aliphatic carbocycles. The van der Waals surface area contributed by atoms with Gasteiger partial charge in [-0.3, -0.25) is 14.4 Å². The second kappa shape index (κ2) is 10.6. The zero-order valence-corrected chi connectivity index (χ0v) is 21.6. The highest BCUT2D eigenvalue weighted by Gasteiger charge is 2.41. The Bertz CT molecular complexity index is 771. The summed E-state index contributed by atoms with van der Waals surface area (Å²) in [5.74, 6) is -1.58. The summed E-state index contributed by atoms with van der Waals surface area (Å²) in [6.07, 6.45) is 1.00. The van der Waals surface area contributed by atoms with Crippen LogP contribution in [0.2, 0.25) is 0 Å². The molecule has 1 aliphatic rings. The van der Waals surface area contributed by atoms with Gasteiger partial charge in [-0.15, -0.1) is 0 Å². The van der Waals surface area contributed by atoms with Crippen LogP contribution in [0.1, 0.15) is 74.7 Å². The zero-order valence-electron chi connectivity index (χ0n) is 20.7. The van der Waals surface area contributed by atoms with E-state index in [1.54, 1.807) is 27.7 Å². The first-order valence-corrected chi connectivity index (χ1v) is 11.5. The second-order valence-corrected chi connectivity index (χ2v) is 11.5. The van der Waals surface area contributed by atoms with Crippen molar-refractivity contribution in [2.45, 2.75) is 91.1 Å². The number of imide groups is 1. The number of amides is 2. The molecule has 0 N–H and O–H groups in total. The topological polar surface area (TPSA) is 90.0 Å². The lowest BCUT2D eigenvalue weighted by Gasteiger charge is -2.32.